The van der Waals surface area contributed by atoms with Crippen LogP contribution in [0.15, 0.2) is 40.4 Å². The third-order valence-corrected chi connectivity index (χ3v) is 3.86. The van der Waals surface area contributed by atoms with Gasteiger partial charge in [0.15, 0.2) is 11.6 Å². The second-order valence-electron chi connectivity index (χ2n) is 5.81. The van der Waals surface area contributed by atoms with Crippen molar-refractivity contribution < 1.29 is 9.59 Å². The fraction of sp³-hybridized carbons (Fsp3) is 0.375. The summed E-state index contributed by atoms with van der Waals surface area (Å²) >= 11 is 3.38. The van der Waals surface area contributed by atoms with E-state index in [1.165, 1.54) is 0 Å². The molecule has 100 valence electrons. The van der Waals surface area contributed by atoms with Crippen molar-refractivity contribution in [2.45, 2.75) is 33.1 Å². The van der Waals surface area contributed by atoms with Crippen molar-refractivity contribution in [1.29, 1.82) is 0 Å². The molecule has 1 saturated carbocycles. The molecular formula is C16H17BrO2. The van der Waals surface area contributed by atoms with Crippen LogP contribution < -0.4 is 0 Å². The molecular weight excluding hydrogens is 304 g/mol. The largest absolute Gasteiger partial charge is 0.294 e. The zero-order valence-corrected chi connectivity index (χ0v) is 12.8. The number of ketones is 2. The van der Waals surface area contributed by atoms with Crippen molar-refractivity contribution in [2.75, 3.05) is 0 Å². The number of rotatable bonds is 2. The van der Waals surface area contributed by atoms with Gasteiger partial charge in [0.25, 0.3) is 0 Å². The molecule has 19 heavy (non-hydrogen) atoms. The van der Waals surface area contributed by atoms with E-state index in [1.54, 1.807) is 6.08 Å². The van der Waals surface area contributed by atoms with Gasteiger partial charge in [-0.05, 0) is 29.5 Å². The molecule has 0 aliphatic heterocycles. The molecule has 2 rings (SSSR count). The highest BCUT2D eigenvalue weighted by molar-refractivity contribution is 9.10. The summed E-state index contributed by atoms with van der Waals surface area (Å²) in [5.41, 5.74) is 1.30. The van der Waals surface area contributed by atoms with Gasteiger partial charge in [-0.25, -0.2) is 0 Å². The summed E-state index contributed by atoms with van der Waals surface area (Å²) in [6.45, 7) is 3.93. The van der Waals surface area contributed by atoms with E-state index < -0.39 is 0 Å². The van der Waals surface area contributed by atoms with Crippen LogP contribution in [0.3, 0.4) is 0 Å². The predicted molar refractivity (Wildman–Crippen MR) is 79.0 cm³/mol. The number of carbonyl (C=O) groups is 2. The van der Waals surface area contributed by atoms with Crippen molar-refractivity contribution >= 4 is 27.5 Å². The van der Waals surface area contributed by atoms with Gasteiger partial charge in [0.05, 0.1) is 5.57 Å². The molecule has 2 nitrogen and oxygen atoms in total. The first-order chi connectivity index (χ1) is 8.87. The average Bonchev–Trinajstić information content (AvgIpc) is 2.29. The van der Waals surface area contributed by atoms with E-state index in [4.69, 9.17) is 0 Å². The molecule has 0 N–H and O–H groups in total. The smallest absolute Gasteiger partial charge is 0.166 e. The molecule has 0 spiro atoms. The number of Topliss-reactive ketones (excluding diaryl/α,β-unsaturated/α-hetero) is 2. The first-order valence-electron chi connectivity index (χ1n) is 6.38. The fourth-order valence-corrected chi connectivity index (χ4v) is 2.61. The highest BCUT2D eigenvalue weighted by atomic mass is 79.9. The summed E-state index contributed by atoms with van der Waals surface area (Å²) < 4.78 is 1.02. The molecule has 0 aromatic heterocycles. The molecule has 1 aromatic rings. The Morgan fingerprint density at radius 3 is 2.16 bits per heavy atom. The van der Waals surface area contributed by atoms with Crippen molar-refractivity contribution in [3.63, 3.8) is 0 Å². The molecule has 1 aliphatic rings. The van der Waals surface area contributed by atoms with Gasteiger partial charge in [0, 0.05) is 17.3 Å². The summed E-state index contributed by atoms with van der Waals surface area (Å²) in [6.07, 6.45) is 3.33. The number of benzene rings is 1. The topological polar surface area (TPSA) is 34.1 Å². The van der Waals surface area contributed by atoms with Gasteiger partial charge < -0.3 is 0 Å². The molecule has 1 fully saturated rings. The molecule has 0 amide bonds. The highest BCUT2D eigenvalue weighted by Gasteiger charge is 2.35. The monoisotopic (exact) mass is 320 g/mol. The Morgan fingerprint density at radius 1 is 1.11 bits per heavy atom. The molecule has 0 atom stereocenters. The Hall–Kier alpha value is -1.22. The van der Waals surface area contributed by atoms with Gasteiger partial charge in [0.2, 0.25) is 0 Å². The first-order valence-corrected chi connectivity index (χ1v) is 7.18. The molecule has 0 saturated heterocycles. The maximum Gasteiger partial charge on any atom is 0.166 e. The quantitative estimate of drug-likeness (QED) is 0.612. The Labute approximate surface area is 122 Å². The number of hydrogen-bond donors (Lipinski definition) is 0. The van der Waals surface area contributed by atoms with Gasteiger partial charge in [0.1, 0.15) is 0 Å². The fourth-order valence-electron chi connectivity index (χ4n) is 2.35. The van der Waals surface area contributed by atoms with Crippen LogP contribution in [0.4, 0.5) is 0 Å². The zero-order valence-electron chi connectivity index (χ0n) is 11.2. The second kappa shape index (κ2) is 5.41. The van der Waals surface area contributed by atoms with Crippen molar-refractivity contribution in [3.8, 4) is 0 Å². The van der Waals surface area contributed by atoms with Gasteiger partial charge in [-0.2, -0.15) is 0 Å². The maximum absolute atomic E-state index is 12.0. The summed E-state index contributed by atoms with van der Waals surface area (Å²) in [5.74, 6) is -0.0308. The highest BCUT2D eigenvalue weighted by Crippen LogP contribution is 2.33. The Kier molecular flexibility index (Phi) is 4.04. The van der Waals surface area contributed by atoms with Crippen LogP contribution >= 0.6 is 15.9 Å². The van der Waals surface area contributed by atoms with Gasteiger partial charge in [-0.1, -0.05) is 48.0 Å². The minimum Gasteiger partial charge on any atom is -0.294 e. The van der Waals surface area contributed by atoms with E-state index in [2.05, 4.69) is 15.9 Å². The third kappa shape index (κ3) is 3.63. The molecule has 0 unspecified atom stereocenters. The van der Waals surface area contributed by atoms with Crippen LogP contribution in [0.5, 0.6) is 0 Å². The van der Waals surface area contributed by atoms with E-state index in [-0.39, 0.29) is 17.0 Å². The number of allylic oxidation sites excluding steroid dienone is 2. The number of carbonyl (C=O) groups excluding carboxylic acids is 2. The van der Waals surface area contributed by atoms with Crippen LogP contribution in [0, 0.1) is 5.41 Å². The van der Waals surface area contributed by atoms with E-state index >= 15 is 0 Å². The SMILES string of the molecule is CC1(C)CC(=O)C(=CCc2ccc(Br)cc2)C(=O)C1. The second-order valence-corrected chi connectivity index (χ2v) is 6.73. The summed E-state index contributed by atoms with van der Waals surface area (Å²) in [7, 11) is 0. The van der Waals surface area contributed by atoms with Crippen LogP contribution in [-0.4, -0.2) is 11.6 Å². The van der Waals surface area contributed by atoms with Crippen molar-refractivity contribution in [2.24, 2.45) is 5.41 Å². The van der Waals surface area contributed by atoms with E-state index in [0.29, 0.717) is 24.8 Å². The first kappa shape index (κ1) is 14.2. The normalized spacial score (nSPS) is 18.6. The summed E-state index contributed by atoms with van der Waals surface area (Å²) in [4.78, 5) is 24.0. The van der Waals surface area contributed by atoms with E-state index in [9.17, 15) is 9.59 Å². The van der Waals surface area contributed by atoms with E-state index in [0.717, 1.165) is 10.0 Å². The Morgan fingerprint density at radius 2 is 1.63 bits per heavy atom. The summed E-state index contributed by atoms with van der Waals surface area (Å²) in [6, 6.07) is 7.90. The molecule has 0 heterocycles. The lowest BCUT2D eigenvalue weighted by Gasteiger charge is -2.28. The minimum absolute atomic E-state index is 0.0154. The van der Waals surface area contributed by atoms with Crippen molar-refractivity contribution in [3.05, 3.63) is 46.0 Å². The van der Waals surface area contributed by atoms with Crippen LogP contribution in [-0.2, 0) is 16.0 Å². The molecule has 1 aliphatic carbocycles. The molecule has 0 bridgehead atoms. The predicted octanol–water partition coefficient (Wildman–Crippen LogP) is 3.88. The lowest BCUT2D eigenvalue weighted by molar-refractivity contribution is -0.127. The third-order valence-electron chi connectivity index (χ3n) is 3.33. The molecule has 1 aromatic carbocycles. The van der Waals surface area contributed by atoms with Crippen LogP contribution in [0.25, 0.3) is 0 Å². The van der Waals surface area contributed by atoms with Gasteiger partial charge >= 0.3 is 0 Å². The number of hydrogen-bond acceptors (Lipinski definition) is 2. The molecule has 3 heteroatoms. The minimum atomic E-state index is -0.191. The zero-order chi connectivity index (χ0) is 14.0. The molecule has 0 radical (unpaired) electrons. The Balaban J connectivity index is 2.13. The standard InChI is InChI=1S/C16H17BrO2/c1-16(2)9-14(18)13(15(19)10-16)8-5-11-3-6-12(17)7-4-11/h3-4,6-8H,5,9-10H2,1-2H3. The van der Waals surface area contributed by atoms with Gasteiger partial charge in [-0.3, -0.25) is 9.59 Å². The summed E-state index contributed by atoms with van der Waals surface area (Å²) in [5, 5.41) is 0. The van der Waals surface area contributed by atoms with Crippen molar-refractivity contribution in [1.82, 2.24) is 0 Å². The Bertz CT molecular complexity index is 516. The van der Waals surface area contributed by atoms with Crippen LogP contribution in [0.1, 0.15) is 32.3 Å². The van der Waals surface area contributed by atoms with Gasteiger partial charge in [-0.15, -0.1) is 0 Å². The van der Waals surface area contributed by atoms with Crippen LogP contribution in [0.2, 0.25) is 0 Å². The lowest BCUT2D eigenvalue weighted by atomic mass is 9.74. The number of halogens is 1. The maximum atomic E-state index is 12.0. The lowest BCUT2D eigenvalue weighted by Crippen LogP contribution is -2.31. The van der Waals surface area contributed by atoms with E-state index in [1.807, 2.05) is 38.1 Å². The average molecular weight is 321 g/mol.